The summed E-state index contributed by atoms with van der Waals surface area (Å²) in [4.78, 5) is 0. The van der Waals surface area contributed by atoms with E-state index in [0.717, 1.165) is 17.2 Å². The normalized spacial score (nSPS) is 13.2. The number of ether oxygens (including phenoxy) is 1. The summed E-state index contributed by atoms with van der Waals surface area (Å²) in [6, 6.07) is 46.1. The van der Waals surface area contributed by atoms with E-state index >= 15 is 0 Å². The first-order chi connectivity index (χ1) is 19.9. The average molecular weight is 508 g/mol. The minimum absolute atomic E-state index is 0.0853. The van der Waals surface area contributed by atoms with Gasteiger partial charge in [0.1, 0.15) is 11.5 Å². The molecule has 0 unspecified atom stereocenters. The number of rotatable bonds is 1. The molecule has 0 fully saturated rings. The zero-order valence-electron chi connectivity index (χ0n) is 21.5. The zero-order valence-corrected chi connectivity index (χ0v) is 21.5. The maximum atomic E-state index is 6.77. The Morgan fingerprint density at radius 3 is 2.02 bits per heavy atom. The highest BCUT2D eigenvalue weighted by Gasteiger charge is 2.40. The molecule has 0 radical (unpaired) electrons. The molecular weight excluding hydrogens is 487 g/mol. The van der Waals surface area contributed by atoms with Gasteiger partial charge < -0.3 is 13.9 Å². The van der Waals surface area contributed by atoms with Crippen molar-refractivity contribution in [2.45, 2.75) is 0 Å². The zero-order chi connectivity index (χ0) is 25.9. The van der Waals surface area contributed by atoms with Crippen LogP contribution in [0.4, 0.5) is 0 Å². The Bertz CT molecular complexity index is 2360. The van der Waals surface area contributed by atoms with Gasteiger partial charge in [-0.2, -0.15) is 0 Å². The van der Waals surface area contributed by atoms with Crippen molar-refractivity contribution in [3.63, 3.8) is 0 Å². The summed E-state index contributed by atoms with van der Waals surface area (Å²) in [6.07, 6.45) is 0. The number of benzene rings is 6. The van der Waals surface area contributed by atoms with Gasteiger partial charge in [0.15, 0.2) is 0 Å². The molecule has 4 heteroatoms. The van der Waals surface area contributed by atoms with Crippen molar-refractivity contribution in [1.82, 2.24) is 9.13 Å². The van der Waals surface area contributed by atoms with E-state index in [1.54, 1.807) is 0 Å². The number of nitrogens with zero attached hydrogens (tertiary/aromatic N) is 2. The Kier molecular flexibility index (Phi) is 3.75. The maximum absolute atomic E-state index is 6.77. The van der Waals surface area contributed by atoms with E-state index in [1.165, 1.54) is 65.7 Å². The second-order valence-corrected chi connectivity index (χ2v) is 10.9. The lowest BCUT2D eigenvalue weighted by molar-refractivity contribution is 0.488. The SMILES string of the molecule is c1ccc(-n2c3ccccc3c3cc4c(cc32)B2c3c(cccc3-n3c5ccccc5c5cccc2c53)O4)cc1. The summed E-state index contributed by atoms with van der Waals surface area (Å²) in [5.74, 6) is 1.89. The lowest BCUT2D eigenvalue weighted by Crippen LogP contribution is -2.58. The second kappa shape index (κ2) is 7.25. The smallest absolute Gasteiger partial charge is 0.256 e. The van der Waals surface area contributed by atoms with E-state index in [9.17, 15) is 0 Å². The van der Waals surface area contributed by atoms with Crippen molar-refractivity contribution in [2.75, 3.05) is 0 Å². The van der Waals surface area contributed by atoms with Gasteiger partial charge in [-0.05, 0) is 64.9 Å². The van der Waals surface area contributed by atoms with Gasteiger partial charge in [0, 0.05) is 38.4 Å². The predicted molar refractivity (Wildman–Crippen MR) is 166 cm³/mol. The van der Waals surface area contributed by atoms with Crippen LogP contribution < -0.4 is 21.1 Å². The first-order valence-corrected chi connectivity index (χ1v) is 13.8. The number of para-hydroxylation sites is 4. The Labute approximate surface area is 230 Å². The van der Waals surface area contributed by atoms with Crippen molar-refractivity contribution in [1.29, 1.82) is 0 Å². The van der Waals surface area contributed by atoms with E-state index < -0.39 is 0 Å². The van der Waals surface area contributed by atoms with Gasteiger partial charge in [-0.15, -0.1) is 0 Å². The van der Waals surface area contributed by atoms with E-state index in [0.29, 0.717) is 0 Å². The third-order valence-electron chi connectivity index (χ3n) is 8.96. The van der Waals surface area contributed by atoms with Crippen molar-refractivity contribution in [3.05, 3.63) is 127 Å². The second-order valence-electron chi connectivity index (χ2n) is 10.9. The molecule has 184 valence electrons. The van der Waals surface area contributed by atoms with Crippen LogP contribution in [0.2, 0.25) is 0 Å². The molecule has 0 bridgehead atoms. The predicted octanol–water partition coefficient (Wildman–Crippen LogP) is 6.82. The molecular formula is C36H21BN2O. The van der Waals surface area contributed by atoms with Crippen LogP contribution >= 0.6 is 0 Å². The standard InChI is InChI=1S/C36H21BN2O/c1-2-10-22(11-3-1)38-29-16-6-5-13-24(29)26-20-34-28(21-32(26)38)37-27-15-8-14-25-23-12-4-7-17-30(23)39(36(25)27)31-18-9-19-33(40-34)35(31)37/h1-21H. The maximum Gasteiger partial charge on any atom is 0.256 e. The van der Waals surface area contributed by atoms with Crippen LogP contribution in [0.1, 0.15) is 0 Å². The van der Waals surface area contributed by atoms with Crippen LogP contribution in [0.5, 0.6) is 11.5 Å². The number of hydrogen-bond donors (Lipinski definition) is 0. The molecule has 2 aromatic heterocycles. The molecule has 0 atom stereocenters. The quantitative estimate of drug-likeness (QED) is 0.223. The summed E-state index contributed by atoms with van der Waals surface area (Å²) in [5, 5.41) is 5.03. The molecule has 4 heterocycles. The average Bonchev–Trinajstić information content (AvgIpc) is 3.52. The minimum Gasteiger partial charge on any atom is -0.458 e. The molecule has 2 aliphatic rings. The number of hydrogen-bond acceptors (Lipinski definition) is 1. The van der Waals surface area contributed by atoms with Crippen molar-refractivity contribution < 1.29 is 4.74 Å². The number of aromatic nitrogens is 2. The van der Waals surface area contributed by atoms with Gasteiger partial charge >= 0.3 is 0 Å². The topological polar surface area (TPSA) is 19.1 Å². The van der Waals surface area contributed by atoms with Crippen LogP contribution in [-0.4, -0.2) is 15.8 Å². The van der Waals surface area contributed by atoms with Crippen LogP contribution in [-0.2, 0) is 0 Å². The molecule has 0 amide bonds. The molecule has 0 N–H and O–H groups in total. The summed E-state index contributed by atoms with van der Waals surface area (Å²) in [5.41, 5.74) is 11.1. The minimum atomic E-state index is 0.0853. The Morgan fingerprint density at radius 1 is 0.475 bits per heavy atom. The highest BCUT2D eigenvalue weighted by atomic mass is 16.5. The molecule has 3 nitrogen and oxygen atoms in total. The van der Waals surface area contributed by atoms with E-state index in [-0.39, 0.29) is 6.71 Å². The Hall–Kier alpha value is -5.22. The van der Waals surface area contributed by atoms with Crippen LogP contribution in [0.3, 0.4) is 0 Å². The lowest BCUT2D eigenvalue weighted by atomic mass is 9.34. The van der Waals surface area contributed by atoms with Crippen molar-refractivity contribution in [2.24, 2.45) is 0 Å². The first-order valence-electron chi connectivity index (χ1n) is 13.8. The van der Waals surface area contributed by atoms with E-state index in [2.05, 4.69) is 137 Å². The summed E-state index contributed by atoms with van der Waals surface area (Å²) in [7, 11) is 0. The molecule has 2 aliphatic heterocycles. The van der Waals surface area contributed by atoms with Crippen LogP contribution in [0, 0.1) is 0 Å². The fourth-order valence-corrected chi connectivity index (χ4v) is 7.41. The summed E-state index contributed by atoms with van der Waals surface area (Å²) in [6.45, 7) is 0.0853. The molecule has 6 aromatic carbocycles. The highest BCUT2D eigenvalue weighted by molar-refractivity contribution is 6.99. The van der Waals surface area contributed by atoms with E-state index in [4.69, 9.17) is 4.74 Å². The number of fused-ring (bicyclic) bond motifs is 10. The van der Waals surface area contributed by atoms with Gasteiger partial charge in [0.2, 0.25) is 0 Å². The third-order valence-corrected chi connectivity index (χ3v) is 8.96. The Morgan fingerprint density at radius 2 is 1.18 bits per heavy atom. The molecule has 8 aromatic rings. The third kappa shape index (κ3) is 2.43. The summed E-state index contributed by atoms with van der Waals surface area (Å²) >= 11 is 0. The first kappa shape index (κ1) is 20.7. The van der Waals surface area contributed by atoms with Crippen LogP contribution in [0.15, 0.2) is 127 Å². The monoisotopic (exact) mass is 508 g/mol. The molecule has 0 saturated carbocycles. The van der Waals surface area contributed by atoms with Crippen molar-refractivity contribution >= 4 is 66.7 Å². The van der Waals surface area contributed by atoms with Crippen molar-refractivity contribution in [3.8, 4) is 22.9 Å². The highest BCUT2D eigenvalue weighted by Crippen LogP contribution is 2.39. The fourth-order valence-electron chi connectivity index (χ4n) is 7.41. The van der Waals surface area contributed by atoms with Gasteiger partial charge in [0.05, 0.1) is 16.6 Å². The van der Waals surface area contributed by atoms with Gasteiger partial charge in [0.25, 0.3) is 6.71 Å². The lowest BCUT2D eigenvalue weighted by Gasteiger charge is -2.33. The molecule has 0 aliphatic carbocycles. The van der Waals surface area contributed by atoms with E-state index in [1.807, 2.05) is 0 Å². The van der Waals surface area contributed by atoms with Gasteiger partial charge in [-0.25, -0.2) is 0 Å². The fraction of sp³-hybridized carbons (Fsp3) is 0. The molecule has 0 saturated heterocycles. The molecule has 40 heavy (non-hydrogen) atoms. The Balaban J connectivity index is 1.36. The molecule has 0 spiro atoms. The summed E-state index contributed by atoms with van der Waals surface area (Å²) < 4.78 is 11.6. The van der Waals surface area contributed by atoms with Gasteiger partial charge in [-0.3, -0.25) is 0 Å². The van der Waals surface area contributed by atoms with Crippen LogP contribution in [0.25, 0.3) is 55.0 Å². The largest absolute Gasteiger partial charge is 0.458 e. The van der Waals surface area contributed by atoms with Gasteiger partial charge in [-0.1, -0.05) is 78.9 Å². The molecule has 10 rings (SSSR count).